The summed E-state index contributed by atoms with van der Waals surface area (Å²) in [6.07, 6.45) is -2.01. The quantitative estimate of drug-likeness (QED) is 0.446. The lowest BCUT2D eigenvalue weighted by atomic mass is 9.84. The van der Waals surface area contributed by atoms with Crippen LogP contribution < -0.4 is 5.32 Å². The number of aryl methyl sites for hydroxylation is 1. The highest BCUT2D eigenvalue weighted by Gasteiger charge is 2.36. The molecule has 0 aliphatic carbocycles. The predicted molar refractivity (Wildman–Crippen MR) is 118 cm³/mol. The van der Waals surface area contributed by atoms with Crippen LogP contribution in [0, 0.1) is 5.92 Å². The van der Waals surface area contributed by atoms with Gasteiger partial charge < -0.3 is 10.3 Å². The molecule has 0 aliphatic heterocycles. The molecule has 0 saturated carbocycles. The van der Waals surface area contributed by atoms with Crippen molar-refractivity contribution in [2.45, 2.75) is 58.7 Å². The van der Waals surface area contributed by atoms with Crippen molar-refractivity contribution in [3.05, 3.63) is 70.9 Å². The van der Waals surface area contributed by atoms with E-state index in [0.717, 1.165) is 29.0 Å². The van der Waals surface area contributed by atoms with Gasteiger partial charge in [0.25, 0.3) is 0 Å². The fourth-order valence-corrected chi connectivity index (χ4v) is 3.93. The van der Waals surface area contributed by atoms with Crippen molar-refractivity contribution in [1.82, 2.24) is 10.3 Å². The lowest BCUT2D eigenvalue weighted by molar-refractivity contribution is -0.138. The van der Waals surface area contributed by atoms with Gasteiger partial charge in [-0.25, -0.2) is 0 Å². The molecule has 0 fully saturated rings. The topological polar surface area (TPSA) is 44.9 Å². The third kappa shape index (κ3) is 4.94. The molecule has 0 aliphatic rings. The van der Waals surface area contributed by atoms with Gasteiger partial charge in [0.05, 0.1) is 5.56 Å². The Bertz CT molecular complexity index is 1050. The number of carbonyl (C=O) groups is 1. The number of hydrogen-bond donors (Lipinski definition) is 2. The molecular formula is C25H29F3N2O. The second kappa shape index (κ2) is 9.16. The number of para-hydroxylation sites is 1. The average Bonchev–Trinajstić information content (AvgIpc) is 3.15. The summed E-state index contributed by atoms with van der Waals surface area (Å²) in [6.45, 7) is 7.92. The second-order valence-electron chi connectivity index (χ2n) is 8.38. The van der Waals surface area contributed by atoms with Crippen molar-refractivity contribution in [2.24, 2.45) is 5.92 Å². The first-order chi connectivity index (χ1) is 14.6. The first-order valence-electron chi connectivity index (χ1n) is 10.7. The Labute approximate surface area is 181 Å². The maximum absolute atomic E-state index is 13.8. The summed E-state index contributed by atoms with van der Waals surface area (Å²) in [7, 11) is 0. The third-order valence-electron chi connectivity index (χ3n) is 6.01. The van der Waals surface area contributed by atoms with Gasteiger partial charge >= 0.3 is 6.18 Å². The van der Waals surface area contributed by atoms with E-state index < -0.39 is 17.7 Å². The van der Waals surface area contributed by atoms with Gasteiger partial charge in [-0.2, -0.15) is 13.2 Å². The average molecular weight is 431 g/mol. The molecule has 0 radical (unpaired) electrons. The third-order valence-corrected chi connectivity index (χ3v) is 6.01. The van der Waals surface area contributed by atoms with E-state index in [9.17, 15) is 18.0 Å². The summed E-state index contributed by atoms with van der Waals surface area (Å²) in [5, 5.41) is 3.79. The maximum Gasteiger partial charge on any atom is 0.416 e. The molecule has 31 heavy (non-hydrogen) atoms. The molecule has 3 nitrogen and oxygen atoms in total. The fraction of sp³-hybridized carbons (Fsp3) is 0.400. The number of alkyl halides is 3. The minimum absolute atomic E-state index is 0.0620. The van der Waals surface area contributed by atoms with Crippen LogP contribution in [0.4, 0.5) is 13.2 Å². The van der Waals surface area contributed by atoms with Gasteiger partial charge in [-0.05, 0) is 42.0 Å². The summed E-state index contributed by atoms with van der Waals surface area (Å²) >= 11 is 0. The minimum Gasteiger partial charge on any atom is -0.361 e. The van der Waals surface area contributed by atoms with E-state index >= 15 is 0 Å². The largest absolute Gasteiger partial charge is 0.416 e. The van der Waals surface area contributed by atoms with Gasteiger partial charge in [0.15, 0.2) is 0 Å². The molecule has 0 bridgehead atoms. The molecule has 3 rings (SSSR count). The lowest BCUT2D eigenvalue weighted by Crippen LogP contribution is -2.37. The summed E-state index contributed by atoms with van der Waals surface area (Å²) < 4.78 is 41.5. The van der Waals surface area contributed by atoms with Crippen LogP contribution in [0.3, 0.4) is 0 Å². The van der Waals surface area contributed by atoms with Gasteiger partial charge in [0.2, 0.25) is 5.91 Å². The van der Waals surface area contributed by atoms with E-state index in [1.807, 2.05) is 45.9 Å². The SMILES string of the molecule is CCc1cccc2c([C@@H](CC(=O)N[C@@H](C)C(C)C)c3ccccc3C(F)(F)F)c[nH]c12. The Morgan fingerprint density at radius 3 is 2.39 bits per heavy atom. The number of rotatable bonds is 7. The van der Waals surface area contributed by atoms with E-state index in [2.05, 4.69) is 10.3 Å². The van der Waals surface area contributed by atoms with Crippen molar-refractivity contribution >= 4 is 16.8 Å². The summed E-state index contributed by atoms with van der Waals surface area (Å²) in [5.41, 5.74) is 2.11. The highest BCUT2D eigenvalue weighted by atomic mass is 19.4. The molecule has 1 aromatic heterocycles. The minimum atomic E-state index is -4.50. The summed E-state index contributed by atoms with van der Waals surface area (Å²) in [6, 6.07) is 11.3. The number of halogens is 3. The number of fused-ring (bicyclic) bond motifs is 1. The standard InChI is InChI=1S/C25H29F3N2O/c1-5-17-9-8-11-19-21(14-29-24(17)19)20(13-23(31)30-16(4)15(2)3)18-10-6-7-12-22(18)25(26,27)28/h6-12,14-16,20,29H,5,13H2,1-4H3,(H,30,31)/t16-,20-/m0/s1. The fourth-order valence-electron chi connectivity index (χ4n) is 3.93. The number of aromatic nitrogens is 1. The molecular weight excluding hydrogens is 401 g/mol. The van der Waals surface area contributed by atoms with Crippen LogP contribution in [0.5, 0.6) is 0 Å². The molecule has 1 heterocycles. The zero-order valence-corrected chi connectivity index (χ0v) is 18.3. The van der Waals surface area contributed by atoms with Crippen LogP contribution in [-0.4, -0.2) is 16.9 Å². The van der Waals surface area contributed by atoms with Crippen LogP contribution in [-0.2, 0) is 17.4 Å². The van der Waals surface area contributed by atoms with Gasteiger partial charge in [-0.1, -0.05) is 57.2 Å². The Morgan fingerprint density at radius 1 is 1.03 bits per heavy atom. The van der Waals surface area contributed by atoms with Gasteiger partial charge in [0.1, 0.15) is 0 Å². The number of H-pyrrole nitrogens is 1. The Kier molecular flexibility index (Phi) is 6.77. The monoisotopic (exact) mass is 430 g/mol. The van der Waals surface area contributed by atoms with Gasteiger partial charge in [-0.3, -0.25) is 4.79 Å². The number of hydrogen-bond acceptors (Lipinski definition) is 1. The molecule has 166 valence electrons. The summed E-state index contributed by atoms with van der Waals surface area (Å²) in [5.74, 6) is -0.757. The van der Waals surface area contributed by atoms with Gasteiger partial charge in [0, 0.05) is 35.5 Å². The lowest BCUT2D eigenvalue weighted by Gasteiger charge is -2.23. The highest BCUT2D eigenvalue weighted by Crippen LogP contribution is 2.41. The molecule has 0 saturated heterocycles. The first kappa shape index (κ1) is 22.9. The van der Waals surface area contributed by atoms with Crippen molar-refractivity contribution in [2.75, 3.05) is 0 Å². The van der Waals surface area contributed by atoms with E-state index in [1.165, 1.54) is 12.1 Å². The van der Waals surface area contributed by atoms with E-state index in [4.69, 9.17) is 0 Å². The zero-order chi connectivity index (χ0) is 22.8. The number of benzene rings is 2. The maximum atomic E-state index is 13.8. The number of carbonyl (C=O) groups excluding carboxylic acids is 1. The van der Waals surface area contributed by atoms with E-state index in [0.29, 0.717) is 5.56 Å². The predicted octanol–water partition coefficient (Wildman–Crippen LogP) is 6.43. The molecule has 0 spiro atoms. The molecule has 3 aromatic rings. The van der Waals surface area contributed by atoms with E-state index in [-0.39, 0.29) is 29.9 Å². The second-order valence-corrected chi connectivity index (χ2v) is 8.38. The number of amides is 1. The molecule has 2 atom stereocenters. The Morgan fingerprint density at radius 2 is 1.74 bits per heavy atom. The van der Waals surface area contributed by atoms with Gasteiger partial charge in [-0.15, -0.1) is 0 Å². The van der Waals surface area contributed by atoms with Crippen LogP contribution in [0.1, 0.15) is 62.3 Å². The normalized spacial score (nSPS) is 14.1. The molecule has 1 amide bonds. The first-order valence-corrected chi connectivity index (χ1v) is 10.7. The van der Waals surface area contributed by atoms with Crippen molar-refractivity contribution in [3.63, 3.8) is 0 Å². The zero-order valence-electron chi connectivity index (χ0n) is 18.3. The smallest absolute Gasteiger partial charge is 0.361 e. The van der Waals surface area contributed by atoms with Crippen molar-refractivity contribution in [3.8, 4) is 0 Å². The van der Waals surface area contributed by atoms with Crippen molar-refractivity contribution in [1.29, 1.82) is 0 Å². The van der Waals surface area contributed by atoms with Crippen LogP contribution in [0.15, 0.2) is 48.7 Å². The van der Waals surface area contributed by atoms with Crippen molar-refractivity contribution < 1.29 is 18.0 Å². The molecule has 0 unspecified atom stereocenters. The Balaban J connectivity index is 2.12. The molecule has 6 heteroatoms. The van der Waals surface area contributed by atoms with Crippen LogP contribution in [0.2, 0.25) is 0 Å². The molecule has 2 aromatic carbocycles. The summed E-state index contributed by atoms with van der Waals surface area (Å²) in [4.78, 5) is 16.1. The number of nitrogens with one attached hydrogen (secondary N) is 2. The van der Waals surface area contributed by atoms with Crippen LogP contribution >= 0.6 is 0 Å². The van der Waals surface area contributed by atoms with E-state index in [1.54, 1.807) is 12.3 Å². The highest BCUT2D eigenvalue weighted by molar-refractivity contribution is 5.88. The molecule has 2 N–H and O–H groups in total. The Hall–Kier alpha value is -2.76. The van der Waals surface area contributed by atoms with Crippen LogP contribution in [0.25, 0.3) is 10.9 Å². The number of aromatic amines is 1.